The van der Waals surface area contributed by atoms with Crippen LogP contribution in [-0.4, -0.2) is 14.5 Å². The lowest BCUT2D eigenvalue weighted by Gasteiger charge is -2.11. The molecule has 1 atom stereocenters. The molecule has 1 unspecified atom stereocenters. The summed E-state index contributed by atoms with van der Waals surface area (Å²) in [5.74, 6) is 1.27. The zero-order chi connectivity index (χ0) is 12.3. The lowest BCUT2D eigenvalue weighted by Crippen LogP contribution is -2.32. The zero-order valence-corrected chi connectivity index (χ0v) is 9.38. The van der Waals surface area contributed by atoms with E-state index in [2.05, 4.69) is 10.6 Å². The first-order chi connectivity index (χ1) is 7.38. The summed E-state index contributed by atoms with van der Waals surface area (Å²) in [7, 11) is -4.03. The predicted molar refractivity (Wildman–Crippen MR) is 59.4 cm³/mol. The van der Waals surface area contributed by atoms with Crippen LogP contribution in [0.15, 0.2) is 23.1 Å². The molecule has 6 heteroatoms. The van der Waals surface area contributed by atoms with Gasteiger partial charge in [-0.05, 0) is 19.1 Å². The number of nitrogen functional groups attached to an aromatic ring is 1. The molecule has 3 N–H and O–H groups in total. The topological polar surface area (TPSA) is 72.2 Å². The van der Waals surface area contributed by atoms with Crippen molar-refractivity contribution in [2.45, 2.75) is 17.9 Å². The van der Waals surface area contributed by atoms with Gasteiger partial charge in [0.1, 0.15) is 10.7 Å². The monoisotopic (exact) mass is 242 g/mol. The fraction of sp³-hybridized carbons (Fsp3) is 0.200. The lowest BCUT2D eigenvalue weighted by molar-refractivity contribution is 0.555. The van der Waals surface area contributed by atoms with E-state index in [1.165, 1.54) is 19.1 Å². The summed E-state index contributed by atoms with van der Waals surface area (Å²) in [4.78, 5) is -0.572. The Morgan fingerprint density at radius 1 is 1.56 bits per heavy atom. The molecule has 0 fully saturated rings. The minimum Gasteiger partial charge on any atom is -0.398 e. The zero-order valence-electron chi connectivity index (χ0n) is 8.57. The number of halogens is 1. The molecule has 0 saturated heterocycles. The van der Waals surface area contributed by atoms with Gasteiger partial charge in [0.05, 0.1) is 11.7 Å². The Morgan fingerprint density at radius 2 is 2.19 bits per heavy atom. The van der Waals surface area contributed by atoms with Crippen LogP contribution in [0, 0.1) is 18.2 Å². The summed E-state index contributed by atoms with van der Waals surface area (Å²) in [5.41, 5.74) is 5.26. The van der Waals surface area contributed by atoms with Crippen molar-refractivity contribution in [3.63, 3.8) is 0 Å². The number of nitrogens with two attached hydrogens (primary N) is 1. The lowest BCUT2D eigenvalue weighted by atomic mass is 10.3. The van der Waals surface area contributed by atoms with Crippen LogP contribution < -0.4 is 10.5 Å². The van der Waals surface area contributed by atoms with Crippen LogP contribution in [-0.2, 0) is 10.0 Å². The largest absolute Gasteiger partial charge is 0.398 e. The third-order valence-electron chi connectivity index (χ3n) is 1.85. The van der Waals surface area contributed by atoms with Gasteiger partial charge >= 0.3 is 0 Å². The number of rotatable bonds is 3. The minimum absolute atomic E-state index is 0.156. The quantitative estimate of drug-likeness (QED) is 0.605. The molecule has 0 aliphatic rings. The number of hydrogen-bond acceptors (Lipinski definition) is 3. The first-order valence-electron chi connectivity index (χ1n) is 4.41. The molecule has 1 aromatic rings. The highest BCUT2D eigenvalue weighted by Crippen LogP contribution is 2.21. The van der Waals surface area contributed by atoms with Crippen molar-refractivity contribution in [3.8, 4) is 12.3 Å². The molecule has 0 aromatic heterocycles. The predicted octanol–water partition coefficient (Wildman–Crippen LogP) is 0.708. The first-order valence-corrected chi connectivity index (χ1v) is 5.89. The van der Waals surface area contributed by atoms with Crippen LogP contribution in [0.1, 0.15) is 6.92 Å². The van der Waals surface area contributed by atoms with E-state index in [0.717, 1.165) is 6.07 Å². The Morgan fingerprint density at radius 3 is 2.69 bits per heavy atom. The van der Waals surface area contributed by atoms with E-state index in [4.69, 9.17) is 12.2 Å². The highest BCUT2D eigenvalue weighted by atomic mass is 32.2. The standard InChI is InChI=1S/C10H11FN2O2S/c1-3-7(2)13-16(14,15)10-8(11)5-4-6-9(10)12/h1,4-7,13H,12H2,2H3. The average Bonchev–Trinajstić information content (AvgIpc) is 2.16. The van der Waals surface area contributed by atoms with Crippen LogP contribution in [0.3, 0.4) is 0 Å². The molecule has 0 aliphatic carbocycles. The van der Waals surface area contributed by atoms with E-state index in [-0.39, 0.29) is 5.69 Å². The second-order valence-electron chi connectivity index (χ2n) is 3.17. The summed E-state index contributed by atoms with van der Waals surface area (Å²) in [5, 5.41) is 0. The summed E-state index contributed by atoms with van der Waals surface area (Å²) in [6, 6.07) is 2.92. The number of sulfonamides is 1. The molecule has 0 radical (unpaired) electrons. The molecule has 4 nitrogen and oxygen atoms in total. The number of benzene rings is 1. The average molecular weight is 242 g/mol. The van der Waals surface area contributed by atoms with E-state index in [0.29, 0.717) is 0 Å². The Hall–Kier alpha value is -1.58. The minimum atomic E-state index is -4.03. The van der Waals surface area contributed by atoms with Crippen molar-refractivity contribution in [3.05, 3.63) is 24.0 Å². The molecular formula is C10H11FN2O2S. The smallest absolute Gasteiger partial charge is 0.246 e. The Kier molecular flexibility index (Phi) is 3.52. The Labute approximate surface area is 93.7 Å². The van der Waals surface area contributed by atoms with Crippen LogP contribution in [0.2, 0.25) is 0 Å². The molecule has 0 spiro atoms. The molecule has 0 amide bonds. The van der Waals surface area contributed by atoms with Gasteiger partial charge < -0.3 is 5.73 Å². The van der Waals surface area contributed by atoms with Gasteiger partial charge in [-0.3, -0.25) is 0 Å². The maximum Gasteiger partial charge on any atom is 0.246 e. The van der Waals surface area contributed by atoms with Gasteiger partial charge in [0.15, 0.2) is 0 Å². The van der Waals surface area contributed by atoms with Gasteiger partial charge in [-0.25, -0.2) is 12.8 Å². The number of terminal acetylenes is 1. The van der Waals surface area contributed by atoms with Gasteiger partial charge in [-0.2, -0.15) is 4.72 Å². The molecule has 1 aromatic carbocycles. The highest BCUT2D eigenvalue weighted by molar-refractivity contribution is 7.89. The normalized spacial score (nSPS) is 13.1. The summed E-state index contributed by atoms with van der Waals surface area (Å²) < 4.78 is 38.9. The van der Waals surface area contributed by atoms with E-state index < -0.39 is 26.8 Å². The van der Waals surface area contributed by atoms with Crippen molar-refractivity contribution in [2.75, 3.05) is 5.73 Å². The second-order valence-corrected chi connectivity index (χ2v) is 4.82. The van der Waals surface area contributed by atoms with Gasteiger partial charge in [-0.15, -0.1) is 6.42 Å². The fourth-order valence-corrected chi connectivity index (χ4v) is 2.49. The molecule has 16 heavy (non-hydrogen) atoms. The SMILES string of the molecule is C#CC(C)NS(=O)(=O)c1c(N)cccc1F. The van der Waals surface area contributed by atoms with Crippen molar-refractivity contribution >= 4 is 15.7 Å². The van der Waals surface area contributed by atoms with Crippen LogP contribution in [0.5, 0.6) is 0 Å². The molecular weight excluding hydrogens is 231 g/mol. The van der Waals surface area contributed by atoms with Crippen molar-refractivity contribution in [1.82, 2.24) is 4.72 Å². The summed E-state index contributed by atoms with van der Waals surface area (Å²) >= 11 is 0. The third kappa shape index (κ3) is 2.51. The van der Waals surface area contributed by atoms with Gasteiger partial charge in [0, 0.05) is 0 Å². The molecule has 0 heterocycles. The maximum atomic E-state index is 13.3. The Balaban J connectivity index is 3.24. The van der Waals surface area contributed by atoms with E-state index >= 15 is 0 Å². The second kappa shape index (κ2) is 4.51. The Bertz CT molecular complexity index is 514. The van der Waals surface area contributed by atoms with Crippen LogP contribution in [0.4, 0.5) is 10.1 Å². The van der Waals surface area contributed by atoms with E-state index in [1.54, 1.807) is 0 Å². The van der Waals surface area contributed by atoms with E-state index in [9.17, 15) is 12.8 Å². The van der Waals surface area contributed by atoms with Crippen molar-refractivity contribution in [1.29, 1.82) is 0 Å². The van der Waals surface area contributed by atoms with Gasteiger partial charge in [0.2, 0.25) is 10.0 Å². The van der Waals surface area contributed by atoms with Crippen LogP contribution >= 0.6 is 0 Å². The van der Waals surface area contributed by atoms with Crippen LogP contribution in [0.25, 0.3) is 0 Å². The van der Waals surface area contributed by atoms with Crippen molar-refractivity contribution in [2.24, 2.45) is 0 Å². The highest BCUT2D eigenvalue weighted by Gasteiger charge is 2.23. The number of nitrogens with one attached hydrogen (secondary N) is 1. The van der Waals surface area contributed by atoms with Gasteiger partial charge in [-0.1, -0.05) is 12.0 Å². The van der Waals surface area contributed by atoms with Crippen molar-refractivity contribution < 1.29 is 12.8 Å². The summed E-state index contributed by atoms with van der Waals surface area (Å²) in [6.07, 6.45) is 5.03. The number of hydrogen-bond donors (Lipinski definition) is 2. The maximum absolute atomic E-state index is 13.3. The summed E-state index contributed by atoms with van der Waals surface area (Å²) in [6.45, 7) is 1.47. The number of anilines is 1. The fourth-order valence-electron chi connectivity index (χ4n) is 1.13. The molecule has 0 saturated carbocycles. The molecule has 0 aliphatic heterocycles. The molecule has 1 rings (SSSR count). The third-order valence-corrected chi connectivity index (χ3v) is 3.48. The first kappa shape index (κ1) is 12.5. The van der Waals surface area contributed by atoms with E-state index in [1.807, 2.05) is 0 Å². The van der Waals surface area contributed by atoms with Gasteiger partial charge in [0.25, 0.3) is 0 Å². The molecule has 0 bridgehead atoms. The molecule has 86 valence electrons.